The molecule has 2 fully saturated rings. The van der Waals surface area contributed by atoms with Crippen LogP contribution in [0.1, 0.15) is 32.1 Å². The van der Waals surface area contributed by atoms with Crippen molar-refractivity contribution in [2.75, 3.05) is 20.3 Å². The molecule has 1 N–H and O–H groups in total. The Morgan fingerprint density at radius 1 is 1.21 bits per heavy atom. The molecule has 0 aromatic rings. The van der Waals surface area contributed by atoms with Gasteiger partial charge in [-0.3, -0.25) is 4.79 Å². The Labute approximate surface area is 113 Å². The fraction of sp³-hybridized carbons (Fsp3) is 0.917. The normalized spacial score (nSPS) is 29.3. The number of nitrogens with one attached hydrogen (secondary N) is 1. The van der Waals surface area contributed by atoms with Gasteiger partial charge in [0.15, 0.2) is 0 Å². The number of carbonyl (C=O) groups is 1. The molecule has 0 spiro atoms. The van der Waals surface area contributed by atoms with Gasteiger partial charge < -0.3 is 9.47 Å². The second-order valence-corrected chi connectivity index (χ2v) is 7.08. The van der Waals surface area contributed by atoms with Gasteiger partial charge in [0.1, 0.15) is 0 Å². The van der Waals surface area contributed by atoms with Crippen molar-refractivity contribution in [2.45, 2.75) is 43.4 Å². The van der Waals surface area contributed by atoms with E-state index in [1.54, 1.807) is 0 Å². The van der Waals surface area contributed by atoms with Gasteiger partial charge in [-0.05, 0) is 25.7 Å². The van der Waals surface area contributed by atoms with Gasteiger partial charge in [-0.25, -0.2) is 13.1 Å². The van der Waals surface area contributed by atoms with Crippen LogP contribution in [0.4, 0.5) is 0 Å². The van der Waals surface area contributed by atoms with Gasteiger partial charge in [0.2, 0.25) is 10.0 Å². The van der Waals surface area contributed by atoms with Gasteiger partial charge in [-0.1, -0.05) is 6.42 Å². The third-order valence-corrected chi connectivity index (χ3v) is 5.93. The Kier molecular flexibility index (Phi) is 4.81. The standard InChI is InChI=1S/C12H21NO5S/c1-17-12(14)10-3-2-4-11(10)19(15,16)13-9-5-7-18-8-6-9/h9-11,13H,2-8H2,1H3. The molecule has 0 amide bonds. The summed E-state index contributed by atoms with van der Waals surface area (Å²) < 4.78 is 37.4. The lowest BCUT2D eigenvalue weighted by Gasteiger charge is -2.26. The molecule has 1 aliphatic heterocycles. The predicted molar refractivity (Wildman–Crippen MR) is 69.0 cm³/mol. The number of sulfonamides is 1. The summed E-state index contributed by atoms with van der Waals surface area (Å²) in [5.41, 5.74) is 0. The molecule has 0 aromatic heterocycles. The lowest BCUT2D eigenvalue weighted by atomic mass is 10.1. The molecule has 2 rings (SSSR count). The molecule has 0 radical (unpaired) electrons. The molecule has 0 aromatic carbocycles. The van der Waals surface area contributed by atoms with Crippen LogP contribution < -0.4 is 4.72 Å². The number of rotatable bonds is 4. The third-order valence-electron chi connectivity index (χ3n) is 3.91. The maximum absolute atomic E-state index is 12.4. The lowest BCUT2D eigenvalue weighted by molar-refractivity contribution is -0.145. The summed E-state index contributed by atoms with van der Waals surface area (Å²) in [5.74, 6) is -0.942. The first kappa shape index (κ1) is 14.7. The first-order valence-corrected chi connectivity index (χ1v) is 8.26. The highest BCUT2D eigenvalue weighted by Crippen LogP contribution is 2.32. The van der Waals surface area contributed by atoms with Gasteiger partial charge >= 0.3 is 5.97 Å². The van der Waals surface area contributed by atoms with Crippen molar-refractivity contribution in [2.24, 2.45) is 5.92 Å². The van der Waals surface area contributed by atoms with Crippen LogP contribution in [-0.2, 0) is 24.3 Å². The Morgan fingerprint density at radius 2 is 1.89 bits per heavy atom. The first-order chi connectivity index (χ1) is 9.04. The van der Waals surface area contributed by atoms with E-state index in [1.807, 2.05) is 0 Å². The number of hydrogen-bond acceptors (Lipinski definition) is 5. The van der Waals surface area contributed by atoms with Crippen LogP contribution >= 0.6 is 0 Å². The lowest BCUT2D eigenvalue weighted by Crippen LogP contribution is -2.45. The van der Waals surface area contributed by atoms with Gasteiger partial charge in [0, 0.05) is 19.3 Å². The molecule has 19 heavy (non-hydrogen) atoms. The zero-order valence-corrected chi connectivity index (χ0v) is 11.9. The van der Waals surface area contributed by atoms with E-state index in [1.165, 1.54) is 7.11 Å². The second kappa shape index (κ2) is 6.19. The van der Waals surface area contributed by atoms with E-state index < -0.39 is 27.2 Å². The van der Waals surface area contributed by atoms with Crippen molar-refractivity contribution in [3.8, 4) is 0 Å². The minimum Gasteiger partial charge on any atom is -0.469 e. The van der Waals surface area contributed by atoms with Gasteiger partial charge in [0.25, 0.3) is 0 Å². The Balaban J connectivity index is 2.03. The Morgan fingerprint density at radius 3 is 2.53 bits per heavy atom. The Hall–Kier alpha value is -0.660. The van der Waals surface area contributed by atoms with Crippen molar-refractivity contribution in [3.05, 3.63) is 0 Å². The molecule has 1 heterocycles. The van der Waals surface area contributed by atoms with E-state index >= 15 is 0 Å². The van der Waals surface area contributed by atoms with Crippen LogP contribution in [0.5, 0.6) is 0 Å². The molecule has 2 atom stereocenters. The van der Waals surface area contributed by atoms with Gasteiger partial charge in [-0.2, -0.15) is 0 Å². The monoisotopic (exact) mass is 291 g/mol. The number of esters is 1. The third kappa shape index (κ3) is 3.46. The molecule has 1 saturated carbocycles. The van der Waals surface area contributed by atoms with E-state index in [0.717, 1.165) is 6.42 Å². The molecule has 6 nitrogen and oxygen atoms in total. The zero-order chi connectivity index (χ0) is 13.9. The van der Waals surface area contributed by atoms with Crippen LogP contribution in [0.25, 0.3) is 0 Å². The molecular formula is C12H21NO5S. The molecule has 1 aliphatic carbocycles. The minimum absolute atomic E-state index is 0.0716. The number of methoxy groups -OCH3 is 1. The second-order valence-electron chi connectivity index (χ2n) is 5.15. The van der Waals surface area contributed by atoms with E-state index in [-0.39, 0.29) is 6.04 Å². The summed E-state index contributed by atoms with van der Waals surface area (Å²) in [5, 5.41) is -0.650. The summed E-state index contributed by atoms with van der Waals surface area (Å²) in [6.07, 6.45) is 3.24. The number of hydrogen-bond donors (Lipinski definition) is 1. The molecule has 110 valence electrons. The largest absolute Gasteiger partial charge is 0.469 e. The maximum atomic E-state index is 12.4. The summed E-state index contributed by atoms with van der Waals surface area (Å²) >= 11 is 0. The van der Waals surface area contributed by atoms with E-state index in [2.05, 4.69) is 4.72 Å². The highest BCUT2D eigenvalue weighted by molar-refractivity contribution is 7.90. The molecule has 2 unspecified atom stereocenters. The van der Waals surface area contributed by atoms with Crippen LogP contribution in [0, 0.1) is 5.92 Å². The van der Waals surface area contributed by atoms with Crippen LogP contribution in [0.15, 0.2) is 0 Å². The van der Waals surface area contributed by atoms with Crippen LogP contribution in [0.2, 0.25) is 0 Å². The average Bonchev–Trinajstić information content (AvgIpc) is 2.88. The quantitative estimate of drug-likeness (QED) is 0.759. The molecule has 1 saturated heterocycles. The van der Waals surface area contributed by atoms with E-state index in [9.17, 15) is 13.2 Å². The molecular weight excluding hydrogens is 270 g/mol. The SMILES string of the molecule is COC(=O)C1CCCC1S(=O)(=O)NC1CCOCC1. The first-order valence-electron chi connectivity index (χ1n) is 6.71. The fourth-order valence-electron chi connectivity index (χ4n) is 2.85. The number of ether oxygens (including phenoxy) is 2. The van der Waals surface area contributed by atoms with Crippen molar-refractivity contribution in [1.29, 1.82) is 0 Å². The maximum Gasteiger partial charge on any atom is 0.310 e. The summed E-state index contributed by atoms with van der Waals surface area (Å²) in [6, 6.07) is -0.0716. The highest BCUT2D eigenvalue weighted by atomic mass is 32.2. The minimum atomic E-state index is -3.47. The van der Waals surface area contributed by atoms with Crippen molar-refractivity contribution >= 4 is 16.0 Å². The van der Waals surface area contributed by atoms with E-state index in [0.29, 0.717) is 38.9 Å². The average molecular weight is 291 g/mol. The van der Waals surface area contributed by atoms with Gasteiger partial charge in [-0.15, -0.1) is 0 Å². The number of carbonyl (C=O) groups excluding carboxylic acids is 1. The Bertz CT molecular complexity index is 416. The topological polar surface area (TPSA) is 81.7 Å². The zero-order valence-electron chi connectivity index (χ0n) is 11.1. The van der Waals surface area contributed by atoms with Crippen molar-refractivity contribution < 1.29 is 22.7 Å². The summed E-state index contributed by atoms with van der Waals surface area (Å²) in [4.78, 5) is 11.6. The molecule has 0 bridgehead atoms. The van der Waals surface area contributed by atoms with Crippen LogP contribution in [0.3, 0.4) is 0 Å². The summed E-state index contributed by atoms with van der Waals surface area (Å²) in [6.45, 7) is 1.16. The predicted octanol–water partition coefficient (Wildman–Crippen LogP) is 0.427. The summed E-state index contributed by atoms with van der Waals surface area (Å²) in [7, 11) is -2.17. The van der Waals surface area contributed by atoms with Crippen LogP contribution in [-0.4, -0.2) is 46.0 Å². The van der Waals surface area contributed by atoms with Crippen molar-refractivity contribution in [3.63, 3.8) is 0 Å². The molecule has 7 heteroatoms. The van der Waals surface area contributed by atoms with E-state index in [4.69, 9.17) is 9.47 Å². The smallest absolute Gasteiger partial charge is 0.310 e. The highest BCUT2D eigenvalue weighted by Gasteiger charge is 2.42. The van der Waals surface area contributed by atoms with Gasteiger partial charge in [0.05, 0.1) is 18.3 Å². The van der Waals surface area contributed by atoms with Crippen molar-refractivity contribution in [1.82, 2.24) is 4.72 Å². The fourth-order valence-corrected chi connectivity index (χ4v) is 4.89. The molecule has 2 aliphatic rings.